The normalized spacial score (nSPS) is 12.4. The summed E-state index contributed by atoms with van der Waals surface area (Å²) in [5.41, 5.74) is 5.91. The Morgan fingerprint density at radius 1 is 1.53 bits per heavy atom. The minimum Gasteiger partial charge on any atom is -0.389 e. The minimum absolute atomic E-state index is 0.159. The molecule has 0 aliphatic heterocycles. The van der Waals surface area contributed by atoms with Crippen molar-refractivity contribution in [1.82, 2.24) is 14.8 Å². The van der Waals surface area contributed by atoms with Gasteiger partial charge in [-0.2, -0.15) is 5.10 Å². The van der Waals surface area contributed by atoms with E-state index in [1.54, 1.807) is 31.5 Å². The van der Waals surface area contributed by atoms with Gasteiger partial charge in [-0.15, -0.1) is 0 Å². The van der Waals surface area contributed by atoms with E-state index in [0.717, 1.165) is 0 Å². The molecule has 0 fully saturated rings. The van der Waals surface area contributed by atoms with Gasteiger partial charge in [-0.3, -0.25) is 4.79 Å². The molecular weight excluding hydrogens is 220 g/mol. The molecule has 3 N–H and O–H groups in total. The molecule has 0 aromatic carbocycles. The maximum Gasteiger partial charge on any atom is 0.269 e. The van der Waals surface area contributed by atoms with Crippen molar-refractivity contribution < 1.29 is 9.90 Å². The largest absolute Gasteiger partial charge is 0.389 e. The Morgan fingerprint density at radius 2 is 2.29 bits per heavy atom. The van der Waals surface area contributed by atoms with E-state index in [1.165, 1.54) is 10.7 Å². The monoisotopic (exact) mass is 232 g/mol. The van der Waals surface area contributed by atoms with Gasteiger partial charge < -0.3 is 10.8 Å². The lowest BCUT2D eigenvalue weighted by atomic mass is 10.1. The van der Waals surface area contributed by atoms with E-state index in [-0.39, 0.29) is 5.69 Å². The first-order valence-electron chi connectivity index (χ1n) is 5.08. The number of rotatable bonds is 3. The summed E-state index contributed by atoms with van der Waals surface area (Å²) < 4.78 is 1.42. The number of amides is 1. The SMILES string of the molecule is C[C@@H](O)c1cccnc1-n1ccc(C(N)=O)n1. The smallest absolute Gasteiger partial charge is 0.269 e. The van der Waals surface area contributed by atoms with Crippen LogP contribution >= 0.6 is 0 Å². The lowest BCUT2D eigenvalue weighted by Gasteiger charge is -2.09. The number of aliphatic hydroxyl groups is 1. The highest BCUT2D eigenvalue weighted by Crippen LogP contribution is 2.18. The average molecular weight is 232 g/mol. The molecule has 0 spiro atoms. The van der Waals surface area contributed by atoms with Crippen LogP contribution in [0.1, 0.15) is 29.1 Å². The second-order valence-electron chi connectivity index (χ2n) is 3.60. The molecule has 1 atom stereocenters. The third-order valence-corrected chi connectivity index (χ3v) is 2.33. The Balaban J connectivity index is 2.48. The number of primary amides is 1. The highest BCUT2D eigenvalue weighted by molar-refractivity contribution is 5.90. The summed E-state index contributed by atoms with van der Waals surface area (Å²) in [4.78, 5) is 15.1. The van der Waals surface area contributed by atoms with Crippen LogP contribution in [-0.2, 0) is 0 Å². The molecule has 2 rings (SSSR count). The molecule has 6 nitrogen and oxygen atoms in total. The second kappa shape index (κ2) is 4.34. The van der Waals surface area contributed by atoms with Gasteiger partial charge >= 0.3 is 0 Å². The first-order valence-corrected chi connectivity index (χ1v) is 5.08. The van der Waals surface area contributed by atoms with Crippen LogP contribution in [0, 0.1) is 0 Å². The van der Waals surface area contributed by atoms with Gasteiger partial charge in [0.2, 0.25) is 0 Å². The van der Waals surface area contributed by atoms with E-state index in [9.17, 15) is 9.90 Å². The highest BCUT2D eigenvalue weighted by atomic mass is 16.3. The number of aromatic nitrogens is 3. The summed E-state index contributed by atoms with van der Waals surface area (Å²) >= 11 is 0. The lowest BCUT2D eigenvalue weighted by Crippen LogP contribution is -2.13. The first-order chi connectivity index (χ1) is 8.09. The molecule has 0 radical (unpaired) electrons. The van der Waals surface area contributed by atoms with Crippen LogP contribution in [0.15, 0.2) is 30.6 Å². The average Bonchev–Trinajstić information content (AvgIpc) is 2.78. The Bertz CT molecular complexity index is 548. The van der Waals surface area contributed by atoms with Crippen LogP contribution in [0.4, 0.5) is 0 Å². The van der Waals surface area contributed by atoms with Gasteiger partial charge in [0, 0.05) is 18.0 Å². The predicted octanol–water partition coefficient (Wildman–Crippen LogP) is 0.420. The van der Waals surface area contributed by atoms with E-state index in [2.05, 4.69) is 10.1 Å². The number of nitrogens with two attached hydrogens (primary N) is 1. The third kappa shape index (κ3) is 2.16. The maximum absolute atomic E-state index is 10.9. The van der Waals surface area contributed by atoms with Crippen molar-refractivity contribution in [2.45, 2.75) is 13.0 Å². The van der Waals surface area contributed by atoms with Gasteiger partial charge in [-0.25, -0.2) is 9.67 Å². The zero-order chi connectivity index (χ0) is 12.4. The molecule has 88 valence electrons. The molecule has 0 unspecified atom stereocenters. The van der Waals surface area contributed by atoms with Gasteiger partial charge in [-0.1, -0.05) is 6.07 Å². The summed E-state index contributed by atoms with van der Waals surface area (Å²) in [6.45, 7) is 1.64. The van der Waals surface area contributed by atoms with Crippen LogP contribution in [-0.4, -0.2) is 25.8 Å². The quantitative estimate of drug-likeness (QED) is 0.801. The van der Waals surface area contributed by atoms with Gasteiger partial charge in [0.1, 0.15) is 5.69 Å². The summed E-state index contributed by atoms with van der Waals surface area (Å²) in [5.74, 6) is -0.117. The molecule has 0 aliphatic rings. The van der Waals surface area contributed by atoms with Crippen LogP contribution in [0.3, 0.4) is 0 Å². The number of nitrogens with zero attached hydrogens (tertiary/aromatic N) is 3. The fraction of sp³-hybridized carbons (Fsp3) is 0.182. The number of aliphatic hydroxyl groups excluding tert-OH is 1. The summed E-state index contributed by atoms with van der Waals surface area (Å²) in [7, 11) is 0. The van der Waals surface area contributed by atoms with Crippen LogP contribution in [0.25, 0.3) is 5.82 Å². The van der Waals surface area contributed by atoms with Crippen LogP contribution < -0.4 is 5.73 Å². The van der Waals surface area contributed by atoms with Crippen molar-refractivity contribution in [2.75, 3.05) is 0 Å². The van der Waals surface area contributed by atoms with Gasteiger partial charge in [0.15, 0.2) is 5.82 Å². The van der Waals surface area contributed by atoms with Crippen molar-refractivity contribution in [3.63, 3.8) is 0 Å². The first kappa shape index (κ1) is 11.3. The van der Waals surface area contributed by atoms with Gasteiger partial charge in [0.05, 0.1) is 6.10 Å². The zero-order valence-corrected chi connectivity index (χ0v) is 9.24. The molecule has 0 saturated carbocycles. The van der Waals surface area contributed by atoms with Crippen molar-refractivity contribution in [2.24, 2.45) is 5.73 Å². The van der Waals surface area contributed by atoms with E-state index >= 15 is 0 Å². The second-order valence-corrected chi connectivity index (χ2v) is 3.60. The summed E-state index contributed by atoms with van der Waals surface area (Å²) in [6, 6.07) is 4.98. The number of carbonyl (C=O) groups is 1. The van der Waals surface area contributed by atoms with Crippen LogP contribution in [0.5, 0.6) is 0 Å². The van der Waals surface area contributed by atoms with E-state index in [4.69, 9.17) is 5.73 Å². The molecule has 0 bridgehead atoms. The summed E-state index contributed by atoms with van der Waals surface area (Å²) in [6.07, 6.45) is 2.50. The molecule has 6 heteroatoms. The van der Waals surface area contributed by atoms with Crippen molar-refractivity contribution in [1.29, 1.82) is 0 Å². The molecule has 0 aliphatic carbocycles. The van der Waals surface area contributed by atoms with Crippen molar-refractivity contribution >= 4 is 5.91 Å². The Labute approximate surface area is 97.7 Å². The van der Waals surface area contributed by atoms with E-state index in [1.807, 2.05) is 0 Å². The van der Waals surface area contributed by atoms with Crippen molar-refractivity contribution in [3.05, 3.63) is 41.9 Å². The molecule has 2 heterocycles. The van der Waals surface area contributed by atoms with Crippen LogP contribution in [0.2, 0.25) is 0 Å². The standard InChI is InChI=1S/C11H12N4O2/c1-7(16)8-3-2-5-13-11(8)15-6-4-9(14-15)10(12)17/h2-7,16H,1H3,(H2,12,17)/t7-/m1/s1. The van der Waals surface area contributed by atoms with E-state index in [0.29, 0.717) is 11.4 Å². The van der Waals surface area contributed by atoms with Crippen molar-refractivity contribution in [3.8, 4) is 5.82 Å². The maximum atomic E-state index is 10.9. The topological polar surface area (TPSA) is 94.0 Å². The molecule has 17 heavy (non-hydrogen) atoms. The Hall–Kier alpha value is -2.21. The highest BCUT2D eigenvalue weighted by Gasteiger charge is 2.12. The fourth-order valence-corrected chi connectivity index (χ4v) is 1.50. The van der Waals surface area contributed by atoms with Gasteiger partial charge in [-0.05, 0) is 19.1 Å². The number of pyridine rings is 1. The molecule has 0 saturated heterocycles. The Kier molecular flexibility index (Phi) is 2.88. The predicted molar refractivity (Wildman–Crippen MR) is 60.5 cm³/mol. The van der Waals surface area contributed by atoms with Gasteiger partial charge in [0.25, 0.3) is 5.91 Å². The molecule has 1 amide bonds. The Morgan fingerprint density at radius 3 is 2.88 bits per heavy atom. The minimum atomic E-state index is -0.667. The molecule has 2 aromatic heterocycles. The molecular formula is C11H12N4O2. The number of carbonyl (C=O) groups excluding carboxylic acids is 1. The van der Waals surface area contributed by atoms with E-state index < -0.39 is 12.0 Å². The number of hydrogen-bond donors (Lipinski definition) is 2. The zero-order valence-electron chi connectivity index (χ0n) is 9.24. The third-order valence-electron chi connectivity index (χ3n) is 2.33. The lowest BCUT2D eigenvalue weighted by molar-refractivity contribution is 0.0995. The number of hydrogen-bond acceptors (Lipinski definition) is 4. The summed E-state index contributed by atoms with van der Waals surface area (Å²) in [5, 5.41) is 13.6. The fourth-order valence-electron chi connectivity index (χ4n) is 1.50. The molecule has 2 aromatic rings.